The highest BCUT2D eigenvalue weighted by atomic mass is 19.1. The fourth-order valence-corrected chi connectivity index (χ4v) is 1.77. The predicted octanol–water partition coefficient (Wildman–Crippen LogP) is 2.47. The highest BCUT2D eigenvalue weighted by molar-refractivity contribution is 6.05. The zero-order valence-electron chi connectivity index (χ0n) is 10.5. The lowest BCUT2D eigenvalue weighted by molar-refractivity contribution is 0.0983. The summed E-state index contributed by atoms with van der Waals surface area (Å²) in [6.45, 7) is 2.30. The number of nitrogens with zero attached hydrogens (tertiary/aromatic N) is 2. The summed E-state index contributed by atoms with van der Waals surface area (Å²) in [5, 5.41) is 0. The van der Waals surface area contributed by atoms with Gasteiger partial charge in [-0.1, -0.05) is 0 Å². The molecule has 2 rings (SSSR count). The van der Waals surface area contributed by atoms with Crippen molar-refractivity contribution < 1.29 is 9.18 Å². The topological polar surface area (TPSA) is 59.2 Å². The number of nitrogens with two attached hydrogens (primary N) is 1. The van der Waals surface area contributed by atoms with E-state index in [4.69, 9.17) is 5.73 Å². The smallest absolute Gasteiger partial charge is 0.276 e. The molecule has 0 aliphatic carbocycles. The molecular weight excluding hydrogens is 245 g/mol. The fraction of sp³-hybridized carbons (Fsp3) is 0.143. The van der Waals surface area contributed by atoms with Gasteiger partial charge in [0.2, 0.25) is 0 Å². The maximum absolute atomic E-state index is 12.9. The van der Waals surface area contributed by atoms with Crippen LogP contribution in [0.2, 0.25) is 0 Å². The van der Waals surface area contributed by atoms with Gasteiger partial charge in [0, 0.05) is 24.1 Å². The summed E-state index contributed by atoms with van der Waals surface area (Å²) in [6.07, 6.45) is 1.49. The number of aromatic nitrogens is 1. The molecule has 0 unspecified atom stereocenters. The average Bonchev–Trinajstić information content (AvgIpc) is 2.41. The van der Waals surface area contributed by atoms with Crippen LogP contribution in [0, 0.1) is 5.82 Å². The molecule has 0 aliphatic rings. The summed E-state index contributed by atoms with van der Waals surface area (Å²) in [6, 6.07) is 8.89. The van der Waals surface area contributed by atoms with Crippen molar-refractivity contribution in [2.75, 3.05) is 17.2 Å². The van der Waals surface area contributed by atoms with Gasteiger partial charge in [0.25, 0.3) is 5.91 Å². The predicted molar refractivity (Wildman–Crippen MR) is 72.4 cm³/mol. The Morgan fingerprint density at radius 1 is 1.32 bits per heavy atom. The first-order valence-electron chi connectivity index (χ1n) is 5.90. The number of carbonyl (C=O) groups is 1. The molecule has 0 bridgehead atoms. The van der Waals surface area contributed by atoms with Crippen LogP contribution in [-0.4, -0.2) is 17.4 Å². The Hall–Kier alpha value is -2.43. The lowest BCUT2D eigenvalue weighted by atomic mass is 10.2. The lowest BCUT2D eigenvalue weighted by Crippen LogP contribution is -2.31. The molecular formula is C14H14FN3O. The van der Waals surface area contributed by atoms with E-state index in [9.17, 15) is 9.18 Å². The van der Waals surface area contributed by atoms with Crippen LogP contribution in [0.3, 0.4) is 0 Å². The average molecular weight is 259 g/mol. The second kappa shape index (κ2) is 5.48. The van der Waals surface area contributed by atoms with Crippen molar-refractivity contribution in [3.63, 3.8) is 0 Å². The third-order valence-corrected chi connectivity index (χ3v) is 2.70. The lowest BCUT2D eigenvalue weighted by Gasteiger charge is -2.20. The SMILES string of the molecule is CCN(C(=O)c1cc(N)ccn1)c1ccc(F)cc1. The molecule has 0 fully saturated rings. The summed E-state index contributed by atoms with van der Waals surface area (Å²) >= 11 is 0. The van der Waals surface area contributed by atoms with Gasteiger partial charge in [-0.15, -0.1) is 0 Å². The van der Waals surface area contributed by atoms with Gasteiger partial charge in [-0.05, 0) is 43.3 Å². The maximum atomic E-state index is 12.9. The fourth-order valence-electron chi connectivity index (χ4n) is 1.77. The Morgan fingerprint density at radius 3 is 2.58 bits per heavy atom. The zero-order chi connectivity index (χ0) is 13.8. The van der Waals surface area contributed by atoms with Crippen LogP contribution in [0.1, 0.15) is 17.4 Å². The Bertz CT molecular complexity index is 583. The number of carbonyl (C=O) groups excluding carboxylic acids is 1. The normalized spacial score (nSPS) is 10.2. The van der Waals surface area contributed by atoms with Crippen molar-refractivity contribution in [2.24, 2.45) is 0 Å². The summed E-state index contributed by atoms with van der Waals surface area (Å²) in [5.41, 5.74) is 7.01. The molecule has 0 saturated heterocycles. The summed E-state index contributed by atoms with van der Waals surface area (Å²) < 4.78 is 12.9. The van der Waals surface area contributed by atoms with Gasteiger partial charge in [0.1, 0.15) is 11.5 Å². The van der Waals surface area contributed by atoms with E-state index in [1.165, 1.54) is 29.3 Å². The number of hydrogen-bond acceptors (Lipinski definition) is 3. The number of pyridine rings is 1. The summed E-state index contributed by atoms with van der Waals surface area (Å²) in [5.74, 6) is -0.601. The minimum Gasteiger partial charge on any atom is -0.399 e. The van der Waals surface area contributed by atoms with E-state index in [-0.39, 0.29) is 17.4 Å². The van der Waals surface area contributed by atoms with Crippen molar-refractivity contribution in [2.45, 2.75) is 6.92 Å². The van der Waals surface area contributed by atoms with Gasteiger partial charge < -0.3 is 10.6 Å². The first-order valence-corrected chi connectivity index (χ1v) is 5.90. The van der Waals surface area contributed by atoms with Crippen LogP contribution >= 0.6 is 0 Å². The van der Waals surface area contributed by atoms with Gasteiger partial charge in [-0.2, -0.15) is 0 Å². The number of hydrogen-bond donors (Lipinski definition) is 1. The number of amides is 1. The van der Waals surface area contributed by atoms with Crippen LogP contribution in [0.5, 0.6) is 0 Å². The molecule has 0 atom stereocenters. The van der Waals surface area contributed by atoms with Gasteiger partial charge in [-0.3, -0.25) is 9.78 Å². The molecule has 1 heterocycles. The van der Waals surface area contributed by atoms with E-state index in [0.717, 1.165) is 0 Å². The van der Waals surface area contributed by atoms with Crippen molar-refractivity contribution in [3.05, 3.63) is 54.1 Å². The third kappa shape index (κ3) is 2.88. The molecule has 2 aromatic rings. The molecule has 19 heavy (non-hydrogen) atoms. The molecule has 4 nitrogen and oxygen atoms in total. The van der Waals surface area contributed by atoms with Crippen molar-refractivity contribution in [1.82, 2.24) is 4.98 Å². The largest absolute Gasteiger partial charge is 0.399 e. The van der Waals surface area contributed by atoms with Crippen molar-refractivity contribution >= 4 is 17.3 Å². The molecule has 5 heteroatoms. The first-order chi connectivity index (χ1) is 9.11. The summed E-state index contributed by atoms with van der Waals surface area (Å²) in [7, 11) is 0. The first kappa shape index (κ1) is 13.0. The Balaban J connectivity index is 2.31. The number of nitrogen functional groups attached to an aromatic ring is 1. The highest BCUT2D eigenvalue weighted by Gasteiger charge is 2.17. The van der Waals surface area contributed by atoms with E-state index in [1.807, 2.05) is 6.92 Å². The molecule has 0 spiro atoms. The monoisotopic (exact) mass is 259 g/mol. The molecule has 1 aromatic carbocycles. The van der Waals surface area contributed by atoms with Crippen LogP contribution in [0.15, 0.2) is 42.6 Å². The Labute approximate surface area is 110 Å². The van der Waals surface area contributed by atoms with E-state index >= 15 is 0 Å². The van der Waals surface area contributed by atoms with Gasteiger partial charge >= 0.3 is 0 Å². The van der Waals surface area contributed by atoms with E-state index in [1.54, 1.807) is 18.2 Å². The Morgan fingerprint density at radius 2 is 2.00 bits per heavy atom. The minimum absolute atomic E-state index is 0.263. The number of benzene rings is 1. The molecule has 2 N–H and O–H groups in total. The van der Waals surface area contributed by atoms with Crippen LogP contribution in [-0.2, 0) is 0 Å². The molecule has 0 radical (unpaired) electrons. The second-order valence-corrected chi connectivity index (χ2v) is 4.00. The minimum atomic E-state index is -0.339. The quantitative estimate of drug-likeness (QED) is 0.921. The number of rotatable bonds is 3. The van der Waals surface area contributed by atoms with Crippen LogP contribution < -0.4 is 10.6 Å². The summed E-state index contributed by atoms with van der Waals surface area (Å²) in [4.78, 5) is 17.8. The Kier molecular flexibility index (Phi) is 3.75. The molecule has 1 aromatic heterocycles. The molecule has 0 aliphatic heterocycles. The molecule has 1 amide bonds. The third-order valence-electron chi connectivity index (χ3n) is 2.70. The highest BCUT2D eigenvalue weighted by Crippen LogP contribution is 2.17. The van der Waals surface area contributed by atoms with Crippen molar-refractivity contribution in [3.8, 4) is 0 Å². The second-order valence-electron chi connectivity index (χ2n) is 4.00. The van der Waals surface area contributed by atoms with Crippen molar-refractivity contribution in [1.29, 1.82) is 0 Å². The molecule has 0 saturated carbocycles. The molecule has 98 valence electrons. The van der Waals surface area contributed by atoms with E-state index in [0.29, 0.717) is 17.9 Å². The number of anilines is 2. The maximum Gasteiger partial charge on any atom is 0.276 e. The number of halogens is 1. The van der Waals surface area contributed by atoms with Crippen LogP contribution in [0.25, 0.3) is 0 Å². The van der Waals surface area contributed by atoms with E-state index < -0.39 is 0 Å². The van der Waals surface area contributed by atoms with Gasteiger partial charge in [-0.25, -0.2) is 4.39 Å². The van der Waals surface area contributed by atoms with E-state index in [2.05, 4.69) is 4.98 Å². The van der Waals surface area contributed by atoms with Gasteiger partial charge in [0.05, 0.1) is 0 Å². The standard InChI is InChI=1S/C14H14FN3O/c1-2-18(12-5-3-10(15)4-6-12)14(19)13-9-11(16)7-8-17-13/h3-9H,2H2,1H3,(H2,16,17). The van der Waals surface area contributed by atoms with Crippen LogP contribution in [0.4, 0.5) is 15.8 Å². The zero-order valence-corrected chi connectivity index (χ0v) is 10.5. The van der Waals surface area contributed by atoms with Gasteiger partial charge in [0.15, 0.2) is 0 Å².